The quantitative estimate of drug-likeness (QED) is 0.905. The van der Waals surface area contributed by atoms with Gasteiger partial charge in [-0.1, -0.05) is 23.5 Å². The van der Waals surface area contributed by atoms with Crippen LogP contribution >= 0.6 is 23.5 Å². The third kappa shape index (κ3) is 4.08. The Hall–Kier alpha value is -1.34. The monoisotopic (exact) mass is 312 g/mol. The number of hydrogen-bond donors (Lipinski definition) is 1. The molecular formula is C13H16N2O3S2. The molecule has 5 nitrogen and oxygen atoms in total. The van der Waals surface area contributed by atoms with Crippen molar-refractivity contribution in [2.45, 2.75) is 0 Å². The molecule has 0 unspecified atom stereocenters. The van der Waals surface area contributed by atoms with Crippen LogP contribution in [-0.2, 0) is 4.79 Å². The first-order chi connectivity index (χ1) is 9.72. The number of nitrogens with zero attached hydrogens (tertiary/aromatic N) is 1. The van der Waals surface area contributed by atoms with Crippen molar-refractivity contribution in [3.8, 4) is 11.5 Å². The number of anilines is 1. The van der Waals surface area contributed by atoms with E-state index in [9.17, 15) is 4.79 Å². The van der Waals surface area contributed by atoms with Crippen LogP contribution in [0, 0.1) is 0 Å². The van der Waals surface area contributed by atoms with Gasteiger partial charge in [-0.25, -0.2) is 0 Å². The lowest BCUT2D eigenvalue weighted by atomic mass is 10.2. The Morgan fingerprint density at radius 2 is 2.30 bits per heavy atom. The number of carbonyl (C=O) groups excluding carboxylic acids is 1. The third-order valence-corrected chi connectivity index (χ3v) is 4.82. The van der Waals surface area contributed by atoms with Gasteiger partial charge in [0.25, 0.3) is 0 Å². The van der Waals surface area contributed by atoms with Gasteiger partial charge in [0.2, 0.25) is 5.91 Å². The molecular weight excluding hydrogens is 296 g/mol. The van der Waals surface area contributed by atoms with Gasteiger partial charge in [0.05, 0.1) is 32.2 Å². The Morgan fingerprint density at radius 3 is 2.95 bits per heavy atom. The Bertz CT molecular complexity index is 520. The second kappa shape index (κ2) is 7.44. The first-order valence-corrected chi connectivity index (χ1v) is 8.02. The summed E-state index contributed by atoms with van der Waals surface area (Å²) in [6, 6.07) is 5.28. The maximum absolute atomic E-state index is 11.9. The molecule has 1 aliphatic rings. The maximum atomic E-state index is 11.9. The number of amides is 1. The molecule has 0 aliphatic carbocycles. The average molecular weight is 312 g/mol. The number of thioether (sulfide) groups is 2. The van der Waals surface area contributed by atoms with E-state index in [4.69, 9.17) is 9.47 Å². The van der Waals surface area contributed by atoms with Crippen LogP contribution in [0.3, 0.4) is 0 Å². The summed E-state index contributed by atoms with van der Waals surface area (Å²) in [6.45, 7) is 0.848. The second-order valence-electron chi connectivity index (χ2n) is 3.90. The van der Waals surface area contributed by atoms with Crippen molar-refractivity contribution in [3.05, 3.63) is 18.2 Å². The molecule has 2 rings (SSSR count). The van der Waals surface area contributed by atoms with Crippen LogP contribution in [0.5, 0.6) is 11.5 Å². The predicted octanol–water partition coefficient (Wildman–Crippen LogP) is 2.48. The lowest BCUT2D eigenvalue weighted by molar-refractivity contribution is -0.113. The lowest BCUT2D eigenvalue weighted by Gasteiger charge is -2.11. The number of benzene rings is 1. The van der Waals surface area contributed by atoms with E-state index in [1.54, 1.807) is 44.2 Å². The van der Waals surface area contributed by atoms with Crippen LogP contribution < -0.4 is 14.8 Å². The third-order valence-electron chi connectivity index (χ3n) is 2.57. The van der Waals surface area contributed by atoms with E-state index in [1.807, 2.05) is 0 Å². The van der Waals surface area contributed by atoms with E-state index in [2.05, 4.69) is 10.3 Å². The van der Waals surface area contributed by atoms with Crippen LogP contribution in [0.1, 0.15) is 0 Å². The highest BCUT2D eigenvalue weighted by Gasteiger charge is 2.12. The summed E-state index contributed by atoms with van der Waals surface area (Å²) in [6.07, 6.45) is 0. The number of rotatable bonds is 5. The summed E-state index contributed by atoms with van der Waals surface area (Å²) in [7, 11) is 3.15. The molecule has 0 spiro atoms. The highest BCUT2D eigenvalue weighted by atomic mass is 32.2. The molecule has 7 heteroatoms. The van der Waals surface area contributed by atoms with Crippen LogP contribution in [-0.4, -0.2) is 42.6 Å². The molecule has 1 N–H and O–H groups in total. The molecule has 0 aromatic heterocycles. The Balaban J connectivity index is 1.93. The van der Waals surface area contributed by atoms with Crippen LogP contribution in [0.2, 0.25) is 0 Å². The zero-order valence-electron chi connectivity index (χ0n) is 11.3. The highest BCUT2D eigenvalue weighted by Crippen LogP contribution is 2.29. The summed E-state index contributed by atoms with van der Waals surface area (Å²) in [5, 5.41) is 2.83. The largest absolute Gasteiger partial charge is 0.497 e. The zero-order valence-corrected chi connectivity index (χ0v) is 13.0. The summed E-state index contributed by atoms with van der Waals surface area (Å²) in [4.78, 5) is 16.2. The smallest absolute Gasteiger partial charge is 0.234 e. The molecule has 0 atom stereocenters. The second-order valence-corrected chi connectivity index (χ2v) is 6.21. The minimum atomic E-state index is -0.0753. The minimum absolute atomic E-state index is 0.0753. The molecule has 108 valence electrons. The molecule has 0 bridgehead atoms. The van der Waals surface area contributed by atoms with Gasteiger partial charge >= 0.3 is 0 Å². The average Bonchev–Trinajstić information content (AvgIpc) is 2.99. The molecule has 0 radical (unpaired) electrons. The SMILES string of the molecule is COc1ccc(NC(=O)CSC2=NCCS2)c(OC)c1. The fourth-order valence-electron chi connectivity index (χ4n) is 1.62. The summed E-state index contributed by atoms with van der Waals surface area (Å²) >= 11 is 3.16. The molecule has 0 saturated carbocycles. The van der Waals surface area contributed by atoms with Crippen molar-refractivity contribution in [2.24, 2.45) is 4.99 Å². The molecule has 1 amide bonds. The van der Waals surface area contributed by atoms with Gasteiger partial charge in [-0.05, 0) is 12.1 Å². The Morgan fingerprint density at radius 1 is 1.45 bits per heavy atom. The van der Waals surface area contributed by atoms with Gasteiger partial charge in [0, 0.05) is 11.8 Å². The molecule has 20 heavy (non-hydrogen) atoms. The first-order valence-electron chi connectivity index (χ1n) is 6.05. The first kappa shape index (κ1) is 15.1. The van der Waals surface area contributed by atoms with E-state index in [-0.39, 0.29) is 5.91 Å². The highest BCUT2D eigenvalue weighted by molar-refractivity contribution is 8.39. The van der Waals surface area contributed by atoms with Crippen LogP contribution in [0.15, 0.2) is 23.2 Å². The van der Waals surface area contributed by atoms with E-state index >= 15 is 0 Å². The lowest BCUT2D eigenvalue weighted by Crippen LogP contribution is -2.15. The van der Waals surface area contributed by atoms with E-state index < -0.39 is 0 Å². The Kier molecular flexibility index (Phi) is 5.60. The van der Waals surface area contributed by atoms with Gasteiger partial charge in [-0.15, -0.1) is 0 Å². The maximum Gasteiger partial charge on any atom is 0.234 e. The van der Waals surface area contributed by atoms with Crippen LogP contribution in [0.25, 0.3) is 0 Å². The van der Waals surface area contributed by atoms with Gasteiger partial charge in [0.15, 0.2) is 0 Å². The van der Waals surface area contributed by atoms with Gasteiger partial charge in [-0.2, -0.15) is 0 Å². The van der Waals surface area contributed by atoms with Crippen molar-refractivity contribution in [3.63, 3.8) is 0 Å². The number of hydrogen-bond acceptors (Lipinski definition) is 6. The van der Waals surface area contributed by atoms with Gasteiger partial charge in [0.1, 0.15) is 15.9 Å². The van der Waals surface area contributed by atoms with Crippen molar-refractivity contribution < 1.29 is 14.3 Å². The number of ether oxygens (including phenoxy) is 2. The summed E-state index contributed by atoms with van der Waals surface area (Å²) < 4.78 is 11.3. The number of nitrogens with one attached hydrogen (secondary N) is 1. The summed E-state index contributed by atoms with van der Waals surface area (Å²) in [5.74, 6) is 2.55. The van der Waals surface area contributed by atoms with Gasteiger partial charge in [-0.3, -0.25) is 9.79 Å². The molecule has 0 fully saturated rings. The summed E-state index contributed by atoms with van der Waals surface area (Å²) in [5.41, 5.74) is 0.639. The number of methoxy groups -OCH3 is 2. The standard InChI is InChI=1S/C13H16N2O3S2/c1-17-9-3-4-10(11(7-9)18-2)15-12(16)8-20-13-14-5-6-19-13/h3-4,7H,5-6,8H2,1-2H3,(H,15,16). The van der Waals surface area contributed by atoms with Crippen molar-refractivity contribution in [2.75, 3.05) is 37.6 Å². The van der Waals surface area contributed by atoms with Gasteiger partial charge < -0.3 is 14.8 Å². The van der Waals surface area contributed by atoms with Crippen molar-refractivity contribution in [1.29, 1.82) is 0 Å². The molecule has 1 aromatic rings. The predicted molar refractivity (Wildman–Crippen MR) is 85.4 cm³/mol. The van der Waals surface area contributed by atoms with E-state index in [1.165, 1.54) is 11.8 Å². The molecule has 1 heterocycles. The molecule has 1 aromatic carbocycles. The topological polar surface area (TPSA) is 59.9 Å². The fourth-order valence-corrected chi connectivity index (χ4v) is 3.43. The minimum Gasteiger partial charge on any atom is -0.497 e. The zero-order chi connectivity index (χ0) is 14.4. The number of aliphatic imine (C=N–C) groups is 1. The van der Waals surface area contributed by atoms with Crippen LogP contribution in [0.4, 0.5) is 5.69 Å². The number of carbonyl (C=O) groups is 1. The molecule has 1 aliphatic heterocycles. The van der Waals surface area contributed by atoms with Crippen molar-refractivity contribution in [1.82, 2.24) is 0 Å². The Labute approximate surface area is 126 Å². The van der Waals surface area contributed by atoms with E-state index in [0.717, 1.165) is 16.7 Å². The normalized spacial score (nSPS) is 13.8. The van der Waals surface area contributed by atoms with E-state index in [0.29, 0.717) is 22.9 Å². The van der Waals surface area contributed by atoms with Crippen molar-refractivity contribution >= 4 is 39.5 Å². The molecule has 0 saturated heterocycles. The fraction of sp³-hybridized carbons (Fsp3) is 0.385.